The van der Waals surface area contributed by atoms with Crippen molar-refractivity contribution in [3.63, 3.8) is 0 Å². The third-order valence-corrected chi connectivity index (χ3v) is 2.07. The number of nitrogens with zero attached hydrogens (tertiary/aromatic N) is 4. The van der Waals surface area contributed by atoms with Gasteiger partial charge in [0.2, 0.25) is 0 Å². The van der Waals surface area contributed by atoms with E-state index in [0.29, 0.717) is 11.8 Å². The third kappa shape index (κ3) is 2.30. The van der Waals surface area contributed by atoms with Crippen LogP contribution in [0.4, 0.5) is 0 Å². The van der Waals surface area contributed by atoms with Crippen LogP contribution in [0.3, 0.4) is 0 Å². The SMILES string of the molecule is Cc1nc2ncc(CNC(C)C)cn2n1. The summed E-state index contributed by atoms with van der Waals surface area (Å²) in [6.07, 6.45) is 3.79. The van der Waals surface area contributed by atoms with Gasteiger partial charge in [-0.1, -0.05) is 13.8 Å². The van der Waals surface area contributed by atoms with Crippen LogP contribution in [0, 0.1) is 6.92 Å². The molecule has 0 aliphatic rings. The van der Waals surface area contributed by atoms with Gasteiger partial charge in [0.1, 0.15) is 5.82 Å². The number of fused-ring (bicyclic) bond motifs is 1. The molecule has 0 saturated heterocycles. The molecule has 2 aromatic heterocycles. The van der Waals surface area contributed by atoms with Gasteiger partial charge in [-0.25, -0.2) is 9.50 Å². The molecule has 1 N–H and O–H groups in total. The predicted octanol–water partition coefficient (Wildman–Crippen LogP) is 0.931. The van der Waals surface area contributed by atoms with Crippen molar-refractivity contribution in [2.75, 3.05) is 0 Å². The van der Waals surface area contributed by atoms with Gasteiger partial charge in [-0.3, -0.25) is 0 Å². The molecule has 0 bridgehead atoms. The first kappa shape index (κ1) is 10.0. The van der Waals surface area contributed by atoms with E-state index in [1.165, 1.54) is 0 Å². The minimum atomic E-state index is 0.471. The van der Waals surface area contributed by atoms with Crippen molar-refractivity contribution in [3.8, 4) is 0 Å². The summed E-state index contributed by atoms with van der Waals surface area (Å²) < 4.78 is 1.71. The Balaban J connectivity index is 2.22. The molecule has 0 aliphatic heterocycles. The maximum atomic E-state index is 4.23. The van der Waals surface area contributed by atoms with E-state index in [0.717, 1.165) is 17.9 Å². The number of aromatic nitrogens is 4. The van der Waals surface area contributed by atoms with Crippen LogP contribution in [0.5, 0.6) is 0 Å². The Morgan fingerprint density at radius 2 is 2.27 bits per heavy atom. The summed E-state index contributed by atoms with van der Waals surface area (Å²) in [5.74, 6) is 1.40. The summed E-state index contributed by atoms with van der Waals surface area (Å²) in [5, 5.41) is 7.55. The fraction of sp³-hybridized carbons (Fsp3) is 0.500. The van der Waals surface area contributed by atoms with E-state index in [1.807, 2.05) is 19.3 Å². The maximum Gasteiger partial charge on any atom is 0.252 e. The molecule has 2 rings (SSSR count). The van der Waals surface area contributed by atoms with Crippen molar-refractivity contribution in [2.45, 2.75) is 33.4 Å². The highest BCUT2D eigenvalue weighted by Crippen LogP contribution is 2.01. The minimum absolute atomic E-state index is 0.471. The van der Waals surface area contributed by atoms with Crippen LogP contribution in [0.1, 0.15) is 25.2 Å². The molecule has 2 heterocycles. The van der Waals surface area contributed by atoms with Crippen molar-refractivity contribution in [3.05, 3.63) is 23.8 Å². The van der Waals surface area contributed by atoms with Crippen LogP contribution in [0.15, 0.2) is 12.4 Å². The summed E-state index contributed by atoms with van der Waals surface area (Å²) in [7, 11) is 0. The molecular weight excluding hydrogens is 190 g/mol. The number of nitrogens with one attached hydrogen (secondary N) is 1. The second kappa shape index (κ2) is 3.94. The smallest absolute Gasteiger partial charge is 0.252 e. The summed E-state index contributed by atoms with van der Waals surface area (Å²) in [6.45, 7) is 6.90. The maximum absolute atomic E-state index is 4.23. The van der Waals surface area contributed by atoms with Gasteiger partial charge in [-0.05, 0) is 6.92 Å². The zero-order valence-corrected chi connectivity index (χ0v) is 9.23. The van der Waals surface area contributed by atoms with Crippen LogP contribution in [0.25, 0.3) is 5.78 Å². The Hall–Kier alpha value is -1.49. The molecule has 5 nitrogen and oxygen atoms in total. The number of rotatable bonds is 3. The largest absolute Gasteiger partial charge is 0.310 e. The average Bonchev–Trinajstić information content (AvgIpc) is 2.53. The van der Waals surface area contributed by atoms with E-state index < -0.39 is 0 Å². The van der Waals surface area contributed by atoms with Crippen molar-refractivity contribution in [2.24, 2.45) is 0 Å². The molecule has 5 heteroatoms. The fourth-order valence-electron chi connectivity index (χ4n) is 1.34. The molecule has 0 aromatic carbocycles. The fourth-order valence-corrected chi connectivity index (χ4v) is 1.34. The van der Waals surface area contributed by atoms with Gasteiger partial charge in [0.05, 0.1) is 0 Å². The second-order valence-corrected chi connectivity index (χ2v) is 3.90. The number of aryl methyl sites for hydroxylation is 1. The molecule has 80 valence electrons. The van der Waals surface area contributed by atoms with E-state index >= 15 is 0 Å². The number of hydrogen-bond acceptors (Lipinski definition) is 4. The Morgan fingerprint density at radius 1 is 1.47 bits per heavy atom. The molecule has 0 atom stereocenters. The lowest BCUT2D eigenvalue weighted by atomic mass is 10.3. The van der Waals surface area contributed by atoms with Crippen LogP contribution in [-0.2, 0) is 6.54 Å². The molecule has 15 heavy (non-hydrogen) atoms. The highest BCUT2D eigenvalue weighted by Gasteiger charge is 2.02. The zero-order chi connectivity index (χ0) is 10.8. The molecule has 0 fully saturated rings. The van der Waals surface area contributed by atoms with Crippen LogP contribution in [-0.4, -0.2) is 25.6 Å². The van der Waals surface area contributed by atoms with E-state index in [-0.39, 0.29) is 0 Å². The van der Waals surface area contributed by atoms with E-state index in [9.17, 15) is 0 Å². The molecule has 0 spiro atoms. The van der Waals surface area contributed by atoms with E-state index in [4.69, 9.17) is 0 Å². The first-order valence-corrected chi connectivity index (χ1v) is 5.06. The van der Waals surface area contributed by atoms with E-state index in [1.54, 1.807) is 4.52 Å². The van der Waals surface area contributed by atoms with E-state index in [2.05, 4.69) is 34.2 Å². The van der Waals surface area contributed by atoms with Crippen LogP contribution >= 0.6 is 0 Å². The molecule has 0 amide bonds. The lowest BCUT2D eigenvalue weighted by Crippen LogP contribution is -2.22. The lowest BCUT2D eigenvalue weighted by molar-refractivity contribution is 0.585. The highest BCUT2D eigenvalue weighted by molar-refractivity contribution is 5.27. The normalized spacial score (nSPS) is 11.5. The quantitative estimate of drug-likeness (QED) is 0.810. The molecule has 0 saturated carbocycles. The first-order valence-electron chi connectivity index (χ1n) is 5.06. The third-order valence-electron chi connectivity index (χ3n) is 2.07. The van der Waals surface area contributed by atoms with Crippen LogP contribution < -0.4 is 5.32 Å². The van der Waals surface area contributed by atoms with Gasteiger partial charge >= 0.3 is 0 Å². The van der Waals surface area contributed by atoms with Crippen molar-refractivity contribution in [1.82, 2.24) is 24.9 Å². The number of hydrogen-bond donors (Lipinski definition) is 1. The monoisotopic (exact) mass is 205 g/mol. The first-order chi connectivity index (χ1) is 7.15. The highest BCUT2D eigenvalue weighted by atomic mass is 15.3. The topological polar surface area (TPSA) is 55.1 Å². The Labute approximate surface area is 88.6 Å². The van der Waals surface area contributed by atoms with Crippen LogP contribution in [0.2, 0.25) is 0 Å². The Kier molecular flexibility index (Phi) is 2.64. The summed E-state index contributed by atoms with van der Waals surface area (Å²) in [6, 6.07) is 0.471. The molecule has 2 aromatic rings. The summed E-state index contributed by atoms with van der Waals surface area (Å²) in [5.41, 5.74) is 1.11. The van der Waals surface area contributed by atoms with Gasteiger partial charge in [-0.15, -0.1) is 0 Å². The predicted molar refractivity (Wildman–Crippen MR) is 57.5 cm³/mol. The van der Waals surface area contributed by atoms with Crippen molar-refractivity contribution >= 4 is 5.78 Å². The van der Waals surface area contributed by atoms with Gasteiger partial charge in [0, 0.05) is 30.5 Å². The van der Waals surface area contributed by atoms with Crippen molar-refractivity contribution < 1.29 is 0 Å². The summed E-state index contributed by atoms with van der Waals surface area (Å²) in [4.78, 5) is 8.40. The second-order valence-electron chi connectivity index (χ2n) is 3.90. The average molecular weight is 205 g/mol. The van der Waals surface area contributed by atoms with Gasteiger partial charge in [0.25, 0.3) is 5.78 Å². The van der Waals surface area contributed by atoms with Gasteiger partial charge < -0.3 is 5.32 Å². The molecule has 0 unspecified atom stereocenters. The van der Waals surface area contributed by atoms with Crippen molar-refractivity contribution in [1.29, 1.82) is 0 Å². The zero-order valence-electron chi connectivity index (χ0n) is 9.23. The standard InChI is InChI=1S/C10H15N5/c1-7(2)11-4-9-5-12-10-13-8(3)14-15(10)6-9/h5-7,11H,4H2,1-3H3. The van der Waals surface area contributed by atoms with Gasteiger partial charge in [0.15, 0.2) is 0 Å². The molecular formula is C10H15N5. The molecule has 0 radical (unpaired) electrons. The molecule has 0 aliphatic carbocycles. The lowest BCUT2D eigenvalue weighted by Gasteiger charge is -2.07. The Morgan fingerprint density at radius 3 is 3.00 bits per heavy atom. The summed E-state index contributed by atoms with van der Waals surface area (Å²) >= 11 is 0. The minimum Gasteiger partial charge on any atom is -0.310 e. The van der Waals surface area contributed by atoms with Gasteiger partial charge in [-0.2, -0.15) is 10.1 Å². The Bertz CT molecular complexity index is 460.